The summed E-state index contributed by atoms with van der Waals surface area (Å²) in [5.41, 5.74) is 14.9. The molecule has 3 aliphatic rings. The normalized spacial score (nSPS) is 20.1. The van der Waals surface area contributed by atoms with Gasteiger partial charge in [0.1, 0.15) is 22.9 Å². The Balaban J connectivity index is 1.28. The first-order valence-electron chi connectivity index (χ1n) is 19.7. The van der Waals surface area contributed by atoms with E-state index in [4.69, 9.17) is 19.5 Å². The highest BCUT2D eigenvalue weighted by atomic mass is 16.5. The van der Waals surface area contributed by atoms with Gasteiger partial charge in [-0.15, -0.1) is 0 Å². The monoisotopic (exact) mass is 717 g/mol. The summed E-state index contributed by atoms with van der Waals surface area (Å²) in [4.78, 5) is 12.5. The number of nitrogens with zero attached hydrogens (tertiary/aromatic N) is 3. The number of benzene rings is 4. The molecule has 54 heavy (non-hydrogen) atoms. The molecular weight excluding hydrogens is 663 g/mol. The number of fused-ring (bicyclic) bond motifs is 3. The van der Waals surface area contributed by atoms with Crippen molar-refractivity contribution in [2.45, 2.75) is 124 Å². The Hall–Kier alpha value is -4.90. The van der Waals surface area contributed by atoms with Crippen molar-refractivity contribution < 1.29 is 9.47 Å². The number of rotatable bonds is 5. The summed E-state index contributed by atoms with van der Waals surface area (Å²) in [6, 6.07) is 27.0. The van der Waals surface area contributed by atoms with Crippen LogP contribution in [0.4, 0.5) is 17.2 Å². The molecule has 1 aromatic heterocycles. The molecule has 0 saturated heterocycles. The zero-order valence-corrected chi connectivity index (χ0v) is 34.1. The van der Waals surface area contributed by atoms with Crippen LogP contribution in [0.5, 0.6) is 11.5 Å². The highest BCUT2D eigenvalue weighted by Crippen LogP contribution is 2.54. The minimum atomic E-state index is -0.251. The molecule has 0 unspecified atom stereocenters. The van der Waals surface area contributed by atoms with Crippen LogP contribution >= 0.6 is 0 Å². The Morgan fingerprint density at radius 2 is 1.46 bits per heavy atom. The lowest BCUT2D eigenvalue weighted by Gasteiger charge is -2.42. The predicted molar refractivity (Wildman–Crippen MR) is 224 cm³/mol. The van der Waals surface area contributed by atoms with E-state index in [0.29, 0.717) is 0 Å². The molecule has 5 aromatic rings. The highest BCUT2D eigenvalue weighted by Gasteiger charge is 2.44. The third-order valence-electron chi connectivity index (χ3n) is 12.2. The van der Waals surface area contributed by atoms with Crippen molar-refractivity contribution in [3.8, 4) is 22.6 Å². The molecule has 1 saturated carbocycles. The van der Waals surface area contributed by atoms with Gasteiger partial charge in [-0.05, 0) is 153 Å². The first-order valence-corrected chi connectivity index (χ1v) is 19.7. The van der Waals surface area contributed by atoms with Gasteiger partial charge in [0, 0.05) is 23.2 Å². The summed E-state index contributed by atoms with van der Waals surface area (Å²) < 4.78 is 13.8. The standard InChI is InChI=1S/C49H55N3O2/c1-29-15-16-40-38(22-29)48(9,10)39-23-31(3)42(28-41(39)52(40)44-27-36(17-19-50-44)47(6,7)8)53-37-25-34(45-32(4)20-30(2)21-33(45)5)24-35(26-37)46-51-43-14-12-13-18-49(43,11)54-46/h15-17,19-28,43H,12-14,18H2,1-11H3/t43-,49+/m1/s1. The number of pyridine rings is 1. The molecular formula is C49H55N3O2. The summed E-state index contributed by atoms with van der Waals surface area (Å²) in [7, 11) is 0. The van der Waals surface area contributed by atoms with E-state index in [2.05, 4.69) is 154 Å². The van der Waals surface area contributed by atoms with Gasteiger partial charge in [-0.2, -0.15) is 0 Å². The van der Waals surface area contributed by atoms with Crippen molar-refractivity contribution in [3.63, 3.8) is 0 Å². The maximum absolute atomic E-state index is 7.06. The second-order valence-electron chi connectivity index (χ2n) is 18.0. The predicted octanol–water partition coefficient (Wildman–Crippen LogP) is 13.0. The maximum atomic E-state index is 7.06. The van der Waals surface area contributed by atoms with Crippen LogP contribution in [0.1, 0.15) is 117 Å². The molecule has 4 aromatic carbocycles. The third kappa shape index (κ3) is 6.20. The van der Waals surface area contributed by atoms with E-state index < -0.39 is 0 Å². The number of aromatic nitrogens is 1. The van der Waals surface area contributed by atoms with Crippen LogP contribution in [-0.2, 0) is 15.6 Å². The molecule has 3 heterocycles. The average Bonchev–Trinajstić information content (AvgIpc) is 3.46. The maximum Gasteiger partial charge on any atom is 0.217 e. The van der Waals surface area contributed by atoms with E-state index in [0.717, 1.165) is 64.1 Å². The summed E-state index contributed by atoms with van der Waals surface area (Å²) in [5, 5.41) is 0. The first-order chi connectivity index (χ1) is 25.5. The van der Waals surface area contributed by atoms with Crippen LogP contribution in [0.2, 0.25) is 0 Å². The van der Waals surface area contributed by atoms with Gasteiger partial charge >= 0.3 is 0 Å². The summed E-state index contributed by atoms with van der Waals surface area (Å²) in [6.45, 7) is 24.6. The fraction of sp³-hybridized carbons (Fsp3) is 0.388. The van der Waals surface area contributed by atoms with Crippen LogP contribution in [0.15, 0.2) is 84.0 Å². The average molecular weight is 718 g/mol. The first kappa shape index (κ1) is 36.1. The SMILES string of the molecule is Cc1cc(C)c(-c2cc(Oc3cc4c(cc3C)C(C)(C)c3cc(C)ccc3N4c3cc(C(C)(C)C)ccn3)cc(C3=N[C@@H]4CCCC[C@]4(C)O3)c2)c(C)c1. The van der Waals surface area contributed by atoms with Crippen molar-refractivity contribution in [1.82, 2.24) is 4.98 Å². The molecule has 278 valence electrons. The molecule has 0 amide bonds. The van der Waals surface area contributed by atoms with E-state index in [1.165, 1.54) is 57.3 Å². The summed E-state index contributed by atoms with van der Waals surface area (Å²) in [6.07, 6.45) is 6.42. The Morgan fingerprint density at radius 1 is 0.741 bits per heavy atom. The lowest BCUT2D eigenvalue weighted by atomic mass is 9.72. The lowest BCUT2D eigenvalue weighted by Crippen LogP contribution is -2.39. The molecule has 2 atom stereocenters. The number of hydrogen-bond donors (Lipinski definition) is 0. The van der Waals surface area contributed by atoms with E-state index >= 15 is 0 Å². The van der Waals surface area contributed by atoms with Gasteiger partial charge in [-0.25, -0.2) is 9.98 Å². The number of aliphatic imine (C=N–C) groups is 1. The van der Waals surface area contributed by atoms with Crippen LogP contribution in [0.25, 0.3) is 11.1 Å². The van der Waals surface area contributed by atoms with Gasteiger partial charge in [-0.3, -0.25) is 4.90 Å². The highest BCUT2D eigenvalue weighted by molar-refractivity contribution is 5.98. The number of hydrogen-bond acceptors (Lipinski definition) is 5. The van der Waals surface area contributed by atoms with Gasteiger partial charge in [0.05, 0.1) is 17.4 Å². The molecule has 0 N–H and O–H groups in total. The topological polar surface area (TPSA) is 47.0 Å². The molecule has 0 spiro atoms. The number of aryl methyl sites for hydroxylation is 5. The largest absolute Gasteiger partial charge is 0.469 e. The number of ether oxygens (including phenoxy) is 2. The third-order valence-corrected chi connectivity index (χ3v) is 12.2. The van der Waals surface area contributed by atoms with Gasteiger partial charge in [0.2, 0.25) is 5.90 Å². The second-order valence-corrected chi connectivity index (χ2v) is 18.0. The van der Waals surface area contributed by atoms with Gasteiger partial charge < -0.3 is 9.47 Å². The molecule has 2 aliphatic heterocycles. The van der Waals surface area contributed by atoms with Crippen molar-refractivity contribution in [2.24, 2.45) is 4.99 Å². The van der Waals surface area contributed by atoms with Crippen LogP contribution in [-0.4, -0.2) is 22.5 Å². The summed E-state index contributed by atoms with van der Waals surface area (Å²) in [5.74, 6) is 3.21. The van der Waals surface area contributed by atoms with E-state index in [1.54, 1.807) is 0 Å². The van der Waals surface area contributed by atoms with E-state index in [1.807, 2.05) is 6.20 Å². The Kier molecular flexibility index (Phi) is 8.59. The van der Waals surface area contributed by atoms with E-state index in [-0.39, 0.29) is 22.5 Å². The van der Waals surface area contributed by atoms with Crippen molar-refractivity contribution >= 4 is 23.1 Å². The Labute approximate surface area is 322 Å². The fourth-order valence-corrected chi connectivity index (χ4v) is 9.16. The van der Waals surface area contributed by atoms with Crippen LogP contribution in [0, 0.1) is 34.6 Å². The lowest BCUT2D eigenvalue weighted by molar-refractivity contribution is 0.0446. The zero-order chi connectivity index (χ0) is 38.3. The van der Waals surface area contributed by atoms with E-state index in [9.17, 15) is 0 Å². The molecule has 0 radical (unpaired) electrons. The zero-order valence-electron chi connectivity index (χ0n) is 34.1. The fourth-order valence-electron chi connectivity index (χ4n) is 9.16. The van der Waals surface area contributed by atoms with Crippen molar-refractivity contribution in [1.29, 1.82) is 0 Å². The smallest absolute Gasteiger partial charge is 0.217 e. The Bertz CT molecular complexity index is 2320. The van der Waals surface area contributed by atoms with Crippen molar-refractivity contribution in [3.05, 3.63) is 129 Å². The molecule has 5 heteroatoms. The van der Waals surface area contributed by atoms with Gasteiger partial charge in [0.25, 0.3) is 0 Å². The van der Waals surface area contributed by atoms with Crippen LogP contribution in [0.3, 0.4) is 0 Å². The number of anilines is 3. The molecule has 0 bridgehead atoms. The molecule has 5 nitrogen and oxygen atoms in total. The van der Waals surface area contributed by atoms with Gasteiger partial charge in [0.15, 0.2) is 0 Å². The molecule has 1 aliphatic carbocycles. The summed E-state index contributed by atoms with van der Waals surface area (Å²) >= 11 is 0. The Morgan fingerprint density at radius 3 is 2.19 bits per heavy atom. The van der Waals surface area contributed by atoms with Gasteiger partial charge in [-0.1, -0.05) is 76.4 Å². The molecule has 1 fully saturated rings. The van der Waals surface area contributed by atoms with Crippen LogP contribution < -0.4 is 9.64 Å². The minimum absolute atomic E-state index is 0.0212. The minimum Gasteiger partial charge on any atom is -0.469 e. The van der Waals surface area contributed by atoms with Crippen molar-refractivity contribution in [2.75, 3.05) is 4.90 Å². The quantitative estimate of drug-likeness (QED) is 0.182. The molecule has 8 rings (SSSR count). The second kappa shape index (κ2) is 12.9.